The van der Waals surface area contributed by atoms with Crippen molar-refractivity contribution in [2.75, 3.05) is 17.5 Å². The van der Waals surface area contributed by atoms with Crippen molar-refractivity contribution < 1.29 is 17.7 Å². The largest absolute Gasteiger partial charge is 0.494 e. The number of hydrazine groups is 1. The van der Waals surface area contributed by atoms with Crippen molar-refractivity contribution in [2.45, 2.75) is 31.6 Å². The average molecular weight is 507 g/mol. The number of unbranched alkanes of at least 4 members (excludes halogenated alkanes) is 1. The molecule has 0 spiro atoms. The number of aryl methyl sites for hydroxylation is 1. The summed E-state index contributed by atoms with van der Waals surface area (Å²) in [5.74, 6) is 0.973. The Morgan fingerprint density at radius 2 is 1.14 bits per heavy atom. The van der Waals surface area contributed by atoms with Crippen LogP contribution in [0, 0.1) is 6.92 Å². The fourth-order valence-corrected chi connectivity index (χ4v) is 3.23. The minimum atomic E-state index is -4.02. The predicted molar refractivity (Wildman–Crippen MR) is 148 cm³/mol. The van der Waals surface area contributed by atoms with Crippen LogP contribution in [0.2, 0.25) is 0 Å². The van der Waals surface area contributed by atoms with Gasteiger partial charge in [-0.25, -0.2) is 0 Å². The molecule has 0 aliphatic rings. The van der Waals surface area contributed by atoms with E-state index in [4.69, 9.17) is 9.29 Å². The standard InChI is InChI=1S/C12H12N2.C10H14O.C7H8O3S/c1-3-7-11(8-4-1)13-14-12-9-5-2-6-10-12;1-2-3-9-11-10-7-5-4-6-8-10;1-6-2-4-7(5-3-6)11(8,9)10/h1-10,13-14H;4-8H,2-3,9H2,1H3;2-5H,1H3,(H,8,9,10). The second-order valence-corrected chi connectivity index (χ2v) is 9.21. The lowest BCUT2D eigenvalue weighted by Crippen LogP contribution is -2.07. The number of hydrogen-bond acceptors (Lipinski definition) is 5. The van der Waals surface area contributed by atoms with Gasteiger partial charge >= 0.3 is 0 Å². The van der Waals surface area contributed by atoms with Crippen LogP contribution in [0.5, 0.6) is 5.75 Å². The van der Waals surface area contributed by atoms with Crippen LogP contribution in [0.3, 0.4) is 0 Å². The van der Waals surface area contributed by atoms with Crippen LogP contribution in [0.1, 0.15) is 25.3 Å². The number of rotatable bonds is 8. The summed E-state index contributed by atoms with van der Waals surface area (Å²) in [6.07, 6.45) is 2.32. The Labute approximate surface area is 214 Å². The van der Waals surface area contributed by atoms with E-state index in [9.17, 15) is 8.42 Å². The molecule has 0 atom stereocenters. The van der Waals surface area contributed by atoms with Crippen molar-refractivity contribution in [3.05, 3.63) is 121 Å². The molecule has 0 amide bonds. The van der Waals surface area contributed by atoms with E-state index < -0.39 is 10.1 Å². The molecule has 0 bridgehead atoms. The van der Waals surface area contributed by atoms with E-state index in [2.05, 4.69) is 17.8 Å². The highest BCUT2D eigenvalue weighted by Gasteiger charge is 2.06. The molecule has 190 valence electrons. The average Bonchev–Trinajstić information content (AvgIpc) is 2.90. The summed E-state index contributed by atoms with van der Waals surface area (Å²) in [5, 5.41) is 0. The van der Waals surface area contributed by atoms with Crippen molar-refractivity contribution in [3.63, 3.8) is 0 Å². The van der Waals surface area contributed by atoms with Gasteiger partial charge in [0.2, 0.25) is 0 Å². The minimum absolute atomic E-state index is 0.0666. The molecule has 0 heterocycles. The van der Waals surface area contributed by atoms with E-state index in [-0.39, 0.29) is 4.90 Å². The van der Waals surface area contributed by atoms with Gasteiger partial charge in [-0.1, -0.05) is 85.6 Å². The van der Waals surface area contributed by atoms with Crippen LogP contribution < -0.4 is 15.6 Å². The van der Waals surface area contributed by atoms with E-state index in [0.29, 0.717) is 0 Å². The van der Waals surface area contributed by atoms with Crippen LogP contribution in [0.25, 0.3) is 0 Å². The van der Waals surface area contributed by atoms with E-state index in [0.717, 1.165) is 35.7 Å². The number of para-hydroxylation sites is 3. The zero-order chi connectivity index (χ0) is 26.1. The van der Waals surface area contributed by atoms with Crippen molar-refractivity contribution in [3.8, 4) is 5.75 Å². The SMILES string of the molecule is CCCCOc1ccccc1.Cc1ccc(S(=O)(=O)O)cc1.c1ccc(NNc2ccccc2)cc1. The number of hydrogen-bond donors (Lipinski definition) is 3. The van der Waals surface area contributed by atoms with Gasteiger partial charge in [0.05, 0.1) is 22.9 Å². The van der Waals surface area contributed by atoms with Gasteiger partial charge < -0.3 is 15.6 Å². The highest BCUT2D eigenvalue weighted by molar-refractivity contribution is 7.85. The number of benzene rings is 4. The summed E-state index contributed by atoms with van der Waals surface area (Å²) < 4.78 is 35.0. The van der Waals surface area contributed by atoms with Gasteiger partial charge in [-0.3, -0.25) is 4.55 Å². The van der Waals surface area contributed by atoms with Gasteiger partial charge in [0.1, 0.15) is 5.75 Å². The molecule has 3 N–H and O–H groups in total. The molecular weight excluding hydrogens is 472 g/mol. The van der Waals surface area contributed by atoms with Crippen LogP contribution in [-0.4, -0.2) is 19.6 Å². The maximum atomic E-state index is 10.5. The van der Waals surface area contributed by atoms with Gasteiger partial charge in [-0.2, -0.15) is 8.42 Å². The number of anilines is 2. The number of nitrogens with one attached hydrogen (secondary N) is 2. The van der Waals surface area contributed by atoms with Crippen molar-refractivity contribution >= 4 is 21.5 Å². The van der Waals surface area contributed by atoms with Crippen LogP contribution in [-0.2, 0) is 10.1 Å². The molecule has 0 aliphatic heterocycles. The molecule has 0 unspecified atom stereocenters. The first-order valence-electron chi connectivity index (χ1n) is 11.7. The lowest BCUT2D eigenvalue weighted by atomic mass is 10.2. The zero-order valence-corrected chi connectivity index (χ0v) is 21.5. The molecular formula is C29H34N2O4S. The molecule has 4 rings (SSSR count). The van der Waals surface area contributed by atoms with E-state index in [1.165, 1.54) is 18.6 Å². The summed E-state index contributed by atoms with van der Waals surface area (Å²) in [6, 6.07) is 35.9. The van der Waals surface area contributed by atoms with Gasteiger partial charge in [-0.15, -0.1) is 0 Å². The van der Waals surface area contributed by atoms with Gasteiger partial charge in [-0.05, 0) is 61.9 Å². The van der Waals surface area contributed by atoms with E-state index in [1.54, 1.807) is 12.1 Å². The molecule has 0 saturated carbocycles. The summed E-state index contributed by atoms with van der Waals surface area (Å²) in [6.45, 7) is 4.84. The molecule has 0 fully saturated rings. The summed E-state index contributed by atoms with van der Waals surface area (Å²) in [4.78, 5) is -0.0666. The van der Waals surface area contributed by atoms with Crippen LogP contribution >= 0.6 is 0 Å². The first-order valence-corrected chi connectivity index (χ1v) is 13.2. The third-order valence-electron chi connectivity index (χ3n) is 4.73. The second-order valence-electron chi connectivity index (χ2n) is 7.79. The minimum Gasteiger partial charge on any atom is -0.494 e. The summed E-state index contributed by atoms with van der Waals surface area (Å²) in [5.41, 5.74) is 9.28. The lowest BCUT2D eigenvalue weighted by molar-refractivity contribution is 0.309. The molecule has 0 aromatic heterocycles. The lowest BCUT2D eigenvalue weighted by Gasteiger charge is -2.08. The smallest absolute Gasteiger partial charge is 0.294 e. The van der Waals surface area contributed by atoms with Gasteiger partial charge in [0.25, 0.3) is 10.1 Å². The quantitative estimate of drug-likeness (QED) is 0.133. The molecule has 4 aromatic rings. The Balaban J connectivity index is 0.000000193. The van der Waals surface area contributed by atoms with E-state index in [1.807, 2.05) is 97.9 Å². The second kappa shape index (κ2) is 16.0. The molecule has 36 heavy (non-hydrogen) atoms. The van der Waals surface area contributed by atoms with Crippen LogP contribution in [0.15, 0.2) is 120 Å². The molecule has 4 aromatic carbocycles. The Morgan fingerprint density at radius 3 is 1.56 bits per heavy atom. The first kappa shape index (κ1) is 28.4. The van der Waals surface area contributed by atoms with Crippen molar-refractivity contribution in [1.82, 2.24) is 0 Å². The Bertz CT molecular complexity index is 1160. The molecule has 0 aliphatic carbocycles. The van der Waals surface area contributed by atoms with Gasteiger partial charge in [0, 0.05) is 0 Å². The third kappa shape index (κ3) is 12.1. The van der Waals surface area contributed by atoms with Crippen molar-refractivity contribution in [1.29, 1.82) is 0 Å². The number of ether oxygens (including phenoxy) is 1. The van der Waals surface area contributed by atoms with Gasteiger partial charge in [0.15, 0.2) is 0 Å². The Hall–Kier alpha value is -3.81. The van der Waals surface area contributed by atoms with E-state index >= 15 is 0 Å². The predicted octanol–water partition coefficient (Wildman–Crippen LogP) is 7.23. The first-order chi connectivity index (χ1) is 17.4. The molecule has 0 radical (unpaired) electrons. The summed E-state index contributed by atoms with van der Waals surface area (Å²) in [7, 11) is -4.02. The fraction of sp³-hybridized carbons (Fsp3) is 0.172. The maximum absolute atomic E-state index is 10.5. The zero-order valence-electron chi connectivity index (χ0n) is 20.7. The molecule has 0 saturated heterocycles. The summed E-state index contributed by atoms with van der Waals surface area (Å²) >= 11 is 0. The van der Waals surface area contributed by atoms with Crippen molar-refractivity contribution in [2.24, 2.45) is 0 Å². The monoisotopic (exact) mass is 506 g/mol. The van der Waals surface area contributed by atoms with Crippen LogP contribution in [0.4, 0.5) is 11.4 Å². The highest BCUT2D eigenvalue weighted by Crippen LogP contribution is 2.10. The Kier molecular flexibility index (Phi) is 12.6. The Morgan fingerprint density at radius 1 is 0.694 bits per heavy atom. The topological polar surface area (TPSA) is 87.7 Å². The normalized spacial score (nSPS) is 10.1. The third-order valence-corrected chi connectivity index (χ3v) is 5.60. The molecule has 6 nitrogen and oxygen atoms in total. The maximum Gasteiger partial charge on any atom is 0.294 e. The molecule has 7 heteroatoms. The highest BCUT2D eigenvalue weighted by atomic mass is 32.2. The fourth-order valence-electron chi connectivity index (χ4n) is 2.75.